The zero-order valence-electron chi connectivity index (χ0n) is 16.6. The first-order valence-corrected chi connectivity index (χ1v) is 11.0. The third-order valence-corrected chi connectivity index (χ3v) is 6.22. The highest BCUT2D eigenvalue weighted by Gasteiger charge is 2.22. The maximum Gasteiger partial charge on any atom is 0.254 e. The van der Waals surface area contributed by atoms with Gasteiger partial charge < -0.3 is 9.64 Å². The van der Waals surface area contributed by atoms with Crippen molar-refractivity contribution in [3.8, 4) is 5.75 Å². The van der Waals surface area contributed by atoms with E-state index < -0.39 is 0 Å². The van der Waals surface area contributed by atoms with Crippen molar-refractivity contribution in [2.75, 3.05) is 13.2 Å². The molecule has 0 atom stereocenters. The van der Waals surface area contributed by atoms with Crippen LogP contribution in [0.3, 0.4) is 0 Å². The topological polar surface area (TPSA) is 29.5 Å². The highest BCUT2D eigenvalue weighted by molar-refractivity contribution is 7.98. The molecule has 3 aromatic carbocycles. The van der Waals surface area contributed by atoms with Gasteiger partial charge in [0, 0.05) is 34.9 Å². The van der Waals surface area contributed by atoms with Gasteiger partial charge >= 0.3 is 0 Å². The summed E-state index contributed by atoms with van der Waals surface area (Å²) in [5, 5.41) is 0. The monoisotopic (exact) mass is 403 g/mol. The highest BCUT2D eigenvalue weighted by atomic mass is 32.2. The van der Waals surface area contributed by atoms with Gasteiger partial charge in [-0.3, -0.25) is 4.79 Å². The lowest BCUT2D eigenvalue weighted by Gasteiger charge is -2.29. The van der Waals surface area contributed by atoms with Crippen molar-refractivity contribution >= 4 is 17.7 Å². The zero-order chi connectivity index (χ0) is 20.1. The maximum absolute atomic E-state index is 13.2. The number of fused-ring (bicyclic) bond motifs is 1. The number of rotatable bonds is 6. The smallest absolute Gasteiger partial charge is 0.254 e. The third-order valence-electron chi connectivity index (χ3n) is 5.16. The van der Waals surface area contributed by atoms with Gasteiger partial charge in [-0.05, 0) is 54.8 Å². The summed E-state index contributed by atoms with van der Waals surface area (Å²) in [4.78, 5) is 16.3. The van der Waals surface area contributed by atoms with Crippen LogP contribution in [0.1, 0.15) is 34.0 Å². The van der Waals surface area contributed by atoms with Crippen LogP contribution in [0.25, 0.3) is 0 Å². The van der Waals surface area contributed by atoms with E-state index in [4.69, 9.17) is 4.74 Å². The van der Waals surface area contributed by atoms with Crippen molar-refractivity contribution in [1.82, 2.24) is 4.90 Å². The minimum Gasteiger partial charge on any atom is -0.494 e. The fourth-order valence-corrected chi connectivity index (χ4v) is 4.55. The van der Waals surface area contributed by atoms with E-state index in [1.165, 1.54) is 16.0 Å². The van der Waals surface area contributed by atoms with Crippen LogP contribution in [0.15, 0.2) is 77.7 Å². The molecule has 0 bridgehead atoms. The Hall–Kier alpha value is -2.72. The fourth-order valence-electron chi connectivity index (χ4n) is 3.65. The summed E-state index contributed by atoms with van der Waals surface area (Å²) in [7, 11) is 0. The highest BCUT2D eigenvalue weighted by Crippen LogP contribution is 2.30. The average molecular weight is 404 g/mol. The van der Waals surface area contributed by atoms with E-state index in [0.717, 1.165) is 35.6 Å². The van der Waals surface area contributed by atoms with Gasteiger partial charge in [-0.2, -0.15) is 0 Å². The molecule has 3 aromatic rings. The lowest BCUT2D eigenvalue weighted by atomic mass is 9.99. The molecule has 0 fully saturated rings. The molecule has 0 aliphatic carbocycles. The fraction of sp³-hybridized carbons (Fsp3) is 0.240. The number of hydrogen-bond acceptors (Lipinski definition) is 3. The second-order valence-corrected chi connectivity index (χ2v) is 8.15. The molecule has 0 unspecified atom stereocenters. The van der Waals surface area contributed by atoms with Gasteiger partial charge in [-0.1, -0.05) is 42.5 Å². The van der Waals surface area contributed by atoms with E-state index in [-0.39, 0.29) is 5.91 Å². The van der Waals surface area contributed by atoms with Gasteiger partial charge in [-0.15, -0.1) is 11.8 Å². The number of ether oxygens (including phenoxy) is 1. The van der Waals surface area contributed by atoms with Crippen LogP contribution < -0.4 is 4.74 Å². The van der Waals surface area contributed by atoms with E-state index in [9.17, 15) is 4.79 Å². The van der Waals surface area contributed by atoms with Crippen molar-refractivity contribution in [3.63, 3.8) is 0 Å². The Kier molecular flexibility index (Phi) is 6.20. The second-order valence-electron chi connectivity index (χ2n) is 7.10. The SMILES string of the molecule is CCOc1ccc(C(=O)N2CCc3ccccc3C2)cc1CSc1ccccc1. The largest absolute Gasteiger partial charge is 0.494 e. The first-order valence-electron chi connectivity index (χ1n) is 10.0. The quantitative estimate of drug-likeness (QED) is 0.504. The average Bonchev–Trinajstić information content (AvgIpc) is 2.78. The molecule has 4 rings (SSSR count). The van der Waals surface area contributed by atoms with E-state index >= 15 is 0 Å². The number of carbonyl (C=O) groups excluding carboxylic acids is 1. The molecule has 1 aliphatic rings. The summed E-state index contributed by atoms with van der Waals surface area (Å²) in [6.07, 6.45) is 0.912. The number of nitrogens with zero attached hydrogens (tertiary/aromatic N) is 1. The molecule has 4 heteroatoms. The van der Waals surface area contributed by atoms with Gasteiger partial charge in [-0.25, -0.2) is 0 Å². The van der Waals surface area contributed by atoms with Crippen molar-refractivity contribution in [1.29, 1.82) is 0 Å². The Morgan fingerprint density at radius 2 is 1.76 bits per heavy atom. The summed E-state index contributed by atoms with van der Waals surface area (Å²) >= 11 is 1.76. The summed E-state index contributed by atoms with van der Waals surface area (Å²) in [6.45, 7) is 4.03. The molecule has 0 radical (unpaired) electrons. The van der Waals surface area contributed by atoms with Crippen LogP contribution >= 0.6 is 11.8 Å². The summed E-state index contributed by atoms with van der Waals surface area (Å²) in [6, 6.07) is 24.5. The maximum atomic E-state index is 13.2. The molecular formula is C25H25NO2S. The summed E-state index contributed by atoms with van der Waals surface area (Å²) in [5.41, 5.74) is 4.39. The van der Waals surface area contributed by atoms with E-state index in [1.54, 1.807) is 11.8 Å². The molecule has 0 saturated carbocycles. The predicted octanol–water partition coefficient (Wildman–Crippen LogP) is 5.58. The van der Waals surface area contributed by atoms with Crippen LogP contribution in [-0.2, 0) is 18.7 Å². The molecule has 148 valence electrons. The Morgan fingerprint density at radius 1 is 1.00 bits per heavy atom. The van der Waals surface area contributed by atoms with Crippen molar-refractivity contribution < 1.29 is 9.53 Å². The number of thioether (sulfide) groups is 1. The van der Waals surface area contributed by atoms with Crippen molar-refractivity contribution in [2.45, 2.75) is 30.5 Å². The van der Waals surface area contributed by atoms with E-state index in [2.05, 4.69) is 30.3 Å². The van der Waals surface area contributed by atoms with Crippen LogP contribution in [0.4, 0.5) is 0 Å². The van der Waals surface area contributed by atoms with Crippen molar-refractivity contribution in [2.24, 2.45) is 0 Å². The number of hydrogen-bond donors (Lipinski definition) is 0. The van der Waals surface area contributed by atoms with E-state index in [0.29, 0.717) is 13.2 Å². The van der Waals surface area contributed by atoms with Crippen LogP contribution in [0, 0.1) is 0 Å². The molecule has 29 heavy (non-hydrogen) atoms. The molecule has 0 spiro atoms. The number of amides is 1. The number of benzene rings is 3. The van der Waals surface area contributed by atoms with Gasteiger partial charge in [0.2, 0.25) is 0 Å². The van der Waals surface area contributed by atoms with Gasteiger partial charge in [0.25, 0.3) is 5.91 Å². The van der Waals surface area contributed by atoms with Crippen LogP contribution in [0.5, 0.6) is 5.75 Å². The molecule has 0 saturated heterocycles. The Bertz CT molecular complexity index is 987. The molecule has 1 amide bonds. The molecule has 0 N–H and O–H groups in total. The van der Waals surface area contributed by atoms with Gasteiger partial charge in [0.05, 0.1) is 6.61 Å². The minimum absolute atomic E-state index is 0.0912. The van der Waals surface area contributed by atoms with Crippen LogP contribution in [-0.4, -0.2) is 24.0 Å². The Labute approximate surface area is 176 Å². The number of carbonyl (C=O) groups is 1. The van der Waals surface area contributed by atoms with E-state index in [1.807, 2.05) is 54.3 Å². The van der Waals surface area contributed by atoms with Gasteiger partial charge in [0.15, 0.2) is 0 Å². The molecule has 3 nitrogen and oxygen atoms in total. The first-order chi connectivity index (χ1) is 14.2. The summed E-state index contributed by atoms with van der Waals surface area (Å²) in [5.74, 6) is 1.72. The third kappa shape index (κ3) is 4.65. The summed E-state index contributed by atoms with van der Waals surface area (Å²) < 4.78 is 5.81. The molecular weight excluding hydrogens is 378 g/mol. The van der Waals surface area contributed by atoms with Crippen LogP contribution in [0.2, 0.25) is 0 Å². The zero-order valence-corrected chi connectivity index (χ0v) is 17.5. The predicted molar refractivity (Wildman–Crippen MR) is 119 cm³/mol. The lowest BCUT2D eigenvalue weighted by Crippen LogP contribution is -2.35. The Morgan fingerprint density at radius 3 is 2.55 bits per heavy atom. The normalized spacial score (nSPS) is 13.1. The first kappa shape index (κ1) is 19.6. The molecule has 1 heterocycles. The lowest BCUT2D eigenvalue weighted by molar-refractivity contribution is 0.0734. The standard InChI is InChI=1S/C25H25NO2S/c1-2-28-24-13-12-20(16-22(24)18-29-23-10-4-3-5-11-23)25(27)26-15-14-19-8-6-7-9-21(19)17-26/h3-13,16H,2,14-15,17-18H2,1H3. The Balaban J connectivity index is 1.53. The van der Waals surface area contributed by atoms with Gasteiger partial charge in [0.1, 0.15) is 5.75 Å². The van der Waals surface area contributed by atoms with Crippen molar-refractivity contribution in [3.05, 3.63) is 95.1 Å². The molecule has 1 aliphatic heterocycles. The molecule has 0 aromatic heterocycles. The minimum atomic E-state index is 0.0912. The second kappa shape index (κ2) is 9.19.